The van der Waals surface area contributed by atoms with Gasteiger partial charge >= 0.3 is 0 Å². The van der Waals surface area contributed by atoms with Gasteiger partial charge in [-0.3, -0.25) is 14.9 Å². The minimum atomic E-state index is -0.138. The second-order valence-electron chi connectivity index (χ2n) is 4.03. The Bertz CT molecular complexity index is 425. The number of carbonyl (C=O) groups excluding carboxylic acids is 2. The van der Waals surface area contributed by atoms with Crippen molar-refractivity contribution in [2.24, 2.45) is 5.92 Å². The smallest absolute Gasteiger partial charge is 0.230 e. The Labute approximate surface area is 114 Å². The summed E-state index contributed by atoms with van der Waals surface area (Å²) >= 11 is 0. The predicted molar refractivity (Wildman–Crippen MR) is 73.0 cm³/mol. The van der Waals surface area contributed by atoms with Crippen LogP contribution in [0.2, 0.25) is 0 Å². The van der Waals surface area contributed by atoms with Crippen LogP contribution in [-0.4, -0.2) is 22.6 Å². The molecule has 1 aliphatic heterocycles. The molecule has 1 saturated heterocycles. The molecule has 1 aliphatic rings. The topological polar surface area (TPSA) is 59.1 Å². The van der Waals surface area contributed by atoms with Crippen molar-refractivity contribution >= 4 is 33.4 Å². The summed E-state index contributed by atoms with van der Waals surface area (Å²) in [6.45, 7) is 0. The zero-order chi connectivity index (χ0) is 12.8. The Morgan fingerprint density at radius 3 is 2.94 bits per heavy atom. The molecule has 18 heavy (non-hydrogen) atoms. The summed E-state index contributed by atoms with van der Waals surface area (Å²) in [6.07, 6.45) is 3.86. The number of nitrogens with one attached hydrogen (secondary N) is 1. The van der Waals surface area contributed by atoms with Gasteiger partial charge in [0.05, 0.1) is 0 Å². The highest BCUT2D eigenvalue weighted by molar-refractivity contribution is 8.76. The van der Waals surface area contributed by atoms with E-state index in [0.29, 0.717) is 6.42 Å². The fourth-order valence-electron chi connectivity index (χ4n) is 1.73. The molecule has 1 aromatic rings. The Morgan fingerprint density at radius 2 is 2.28 bits per heavy atom. The van der Waals surface area contributed by atoms with Crippen molar-refractivity contribution in [2.45, 2.75) is 24.3 Å². The minimum Gasteiger partial charge on any atom is -0.296 e. The van der Waals surface area contributed by atoms with Gasteiger partial charge in [0.2, 0.25) is 11.8 Å². The summed E-state index contributed by atoms with van der Waals surface area (Å²) in [7, 11) is 3.37. The van der Waals surface area contributed by atoms with Crippen LogP contribution in [0.3, 0.4) is 0 Å². The number of carbonyl (C=O) groups is 2. The first-order valence-corrected chi connectivity index (χ1v) is 8.12. The van der Waals surface area contributed by atoms with Gasteiger partial charge in [-0.05, 0) is 35.8 Å². The van der Waals surface area contributed by atoms with E-state index in [0.717, 1.165) is 23.6 Å². The third-order valence-corrected chi connectivity index (χ3v) is 4.98. The van der Waals surface area contributed by atoms with E-state index < -0.39 is 0 Å². The SMILES string of the molecule is O=C1CC(CCCSSc2ccccn2)C(=O)N1. The van der Waals surface area contributed by atoms with Gasteiger partial charge in [0.1, 0.15) is 5.03 Å². The Kier molecular flexibility index (Phi) is 5.07. The van der Waals surface area contributed by atoms with Gasteiger partial charge < -0.3 is 0 Å². The van der Waals surface area contributed by atoms with Crippen LogP contribution in [-0.2, 0) is 9.59 Å². The van der Waals surface area contributed by atoms with E-state index in [9.17, 15) is 9.59 Å². The number of nitrogens with zero attached hydrogens (tertiary/aromatic N) is 1. The number of hydrogen-bond acceptors (Lipinski definition) is 5. The van der Waals surface area contributed by atoms with Crippen LogP contribution in [0.5, 0.6) is 0 Å². The molecule has 6 heteroatoms. The fourth-order valence-corrected chi connectivity index (χ4v) is 3.72. The molecule has 0 aromatic carbocycles. The highest BCUT2D eigenvalue weighted by Crippen LogP contribution is 2.30. The third kappa shape index (κ3) is 4.03. The maximum Gasteiger partial charge on any atom is 0.230 e. The summed E-state index contributed by atoms with van der Waals surface area (Å²) in [4.78, 5) is 26.5. The molecule has 1 fully saturated rings. The number of hydrogen-bond donors (Lipinski definition) is 1. The summed E-state index contributed by atoms with van der Waals surface area (Å²) in [6, 6.07) is 5.83. The predicted octanol–water partition coefficient (Wildman–Crippen LogP) is 2.26. The lowest BCUT2D eigenvalue weighted by Crippen LogP contribution is -2.22. The molecule has 1 unspecified atom stereocenters. The number of aromatic nitrogens is 1. The lowest BCUT2D eigenvalue weighted by Gasteiger charge is -2.04. The number of imide groups is 1. The Morgan fingerprint density at radius 1 is 1.39 bits per heavy atom. The van der Waals surface area contributed by atoms with E-state index >= 15 is 0 Å². The zero-order valence-corrected chi connectivity index (χ0v) is 11.4. The van der Waals surface area contributed by atoms with Crippen molar-refractivity contribution in [1.82, 2.24) is 10.3 Å². The minimum absolute atomic E-state index is 0.109. The highest BCUT2D eigenvalue weighted by atomic mass is 33.1. The molecule has 2 heterocycles. The number of amides is 2. The van der Waals surface area contributed by atoms with Crippen LogP contribution < -0.4 is 5.32 Å². The molecule has 0 radical (unpaired) electrons. The van der Waals surface area contributed by atoms with Gasteiger partial charge in [-0.15, -0.1) is 0 Å². The van der Waals surface area contributed by atoms with Crippen molar-refractivity contribution in [3.8, 4) is 0 Å². The maximum absolute atomic E-state index is 11.3. The lowest BCUT2D eigenvalue weighted by atomic mass is 10.0. The third-order valence-electron chi connectivity index (χ3n) is 2.63. The maximum atomic E-state index is 11.3. The second kappa shape index (κ2) is 6.80. The van der Waals surface area contributed by atoms with Crippen LogP contribution in [0, 0.1) is 5.92 Å². The first kappa shape index (κ1) is 13.4. The highest BCUT2D eigenvalue weighted by Gasteiger charge is 2.29. The molecule has 1 N–H and O–H groups in total. The van der Waals surface area contributed by atoms with Crippen molar-refractivity contribution in [3.63, 3.8) is 0 Å². The molecular weight excluding hydrogens is 268 g/mol. The Balaban J connectivity index is 1.59. The average molecular weight is 282 g/mol. The van der Waals surface area contributed by atoms with Gasteiger partial charge in [-0.2, -0.15) is 0 Å². The number of pyridine rings is 1. The van der Waals surface area contributed by atoms with E-state index in [1.807, 2.05) is 18.2 Å². The van der Waals surface area contributed by atoms with Crippen molar-refractivity contribution < 1.29 is 9.59 Å². The molecule has 0 aliphatic carbocycles. The standard InChI is InChI=1S/C12H14N2O2S2/c15-10-8-9(12(16)14-10)4-3-7-17-18-11-5-1-2-6-13-11/h1-2,5-6,9H,3-4,7-8H2,(H,14,15,16). The Hall–Kier alpha value is -1.01. The molecule has 96 valence electrons. The van der Waals surface area contributed by atoms with Crippen molar-refractivity contribution in [3.05, 3.63) is 24.4 Å². The van der Waals surface area contributed by atoms with Gasteiger partial charge in [-0.1, -0.05) is 16.9 Å². The van der Waals surface area contributed by atoms with E-state index in [-0.39, 0.29) is 17.7 Å². The van der Waals surface area contributed by atoms with E-state index in [1.54, 1.807) is 27.8 Å². The quantitative estimate of drug-likeness (QED) is 0.493. The number of rotatable bonds is 6. The van der Waals surface area contributed by atoms with Gasteiger partial charge in [0.15, 0.2) is 0 Å². The molecule has 0 saturated carbocycles. The zero-order valence-electron chi connectivity index (χ0n) is 9.80. The first-order valence-electron chi connectivity index (χ1n) is 5.80. The summed E-state index contributed by atoms with van der Waals surface area (Å²) in [5.74, 6) is 0.597. The van der Waals surface area contributed by atoms with Gasteiger partial charge in [-0.25, -0.2) is 4.98 Å². The lowest BCUT2D eigenvalue weighted by molar-refractivity contribution is -0.125. The molecule has 2 amide bonds. The fraction of sp³-hybridized carbons (Fsp3) is 0.417. The first-order chi connectivity index (χ1) is 8.75. The molecule has 0 spiro atoms. The van der Waals surface area contributed by atoms with Gasteiger partial charge in [0, 0.05) is 24.3 Å². The average Bonchev–Trinajstić information content (AvgIpc) is 2.69. The van der Waals surface area contributed by atoms with Crippen LogP contribution in [0.15, 0.2) is 29.4 Å². The van der Waals surface area contributed by atoms with Crippen LogP contribution in [0.25, 0.3) is 0 Å². The van der Waals surface area contributed by atoms with Crippen LogP contribution in [0.1, 0.15) is 19.3 Å². The molecule has 2 rings (SSSR count). The van der Waals surface area contributed by atoms with Gasteiger partial charge in [0.25, 0.3) is 0 Å². The normalized spacial score (nSPS) is 19.0. The summed E-state index contributed by atoms with van der Waals surface area (Å²) in [5.41, 5.74) is 0. The van der Waals surface area contributed by atoms with Crippen molar-refractivity contribution in [2.75, 3.05) is 5.75 Å². The largest absolute Gasteiger partial charge is 0.296 e. The molecule has 1 atom stereocenters. The van der Waals surface area contributed by atoms with E-state index in [1.165, 1.54) is 0 Å². The van der Waals surface area contributed by atoms with E-state index in [2.05, 4.69) is 10.3 Å². The molecule has 1 aromatic heterocycles. The van der Waals surface area contributed by atoms with Crippen molar-refractivity contribution in [1.29, 1.82) is 0 Å². The molecule has 4 nitrogen and oxygen atoms in total. The summed E-state index contributed by atoms with van der Waals surface area (Å²) in [5, 5.41) is 3.33. The molecule has 0 bridgehead atoms. The van der Waals surface area contributed by atoms with E-state index in [4.69, 9.17) is 0 Å². The summed E-state index contributed by atoms with van der Waals surface area (Å²) < 4.78 is 0. The van der Waals surface area contributed by atoms with Crippen LogP contribution >= 0.6 is 21.6 Å². The second-order valence-corrected chi connectivity index (χ2v) is 6.46. The molecular formula is C12H14N2O2S2. The van der Waals surface area contributed by atoms with Crippen LogP contribution in [0.4, 0.5) is 0 Å². The monoisotopic (exact) mass is 282 g/mol.